The fourth-order valence-electron chi connectivity index (χ4n) is 2.11. The number of halogens is 1. The number of rotatable bonds is 5. The van der Waals surface area contributed by atoms with Crippen LogP contribution < -0.4 is 14.8 Å². The topological polar surface area (TPSA) is 30.5 Å². The van der Waals surface area contributed by atoms with Crippen molar-refractivity contribution in [2.75, 3.05) is 19.5 Å². The SMILES string of the molecule is COc1cc(OC)c(NCc2ccc(C)c(C)c2)cc1Cl. The van der Waals surface area contributed by atoms with Crippen molar-refractivity contribution in [1.29, 1.82) is 0 Å². The molecule has 2 aromatic carbocycles. The van der Waals surface area contributed by atoms with Gasteiger partial charge in [-0.3, -0.25) is 0 Å². The third-order valence-electron chi connectivity index (χ3n) is 3.53. The minimum Gasteiger partial charge on any atom is -0.495 e. The van der Waals surface area contributed by atoms with Crippen LogP contribution in [0.2, 0.25) is 5.02 Å². The molecule has 0 saturated carbocycles. The molecule has 0 spiro atoms. The molecule has 2 rings (SSSR count). The Kier molecular flexibility index (Phi) is 4.97. The van der Waals surface area contributed by atoms with E-state index in [1.807, 2.05) is 6.07 Å². The van der Waals surface area contributed by atoms with Gasteiger partial charge in [-0.05, 0) is 36.6 Å². The molecule has 0 aliphatic heterocycles. The van der Waals surface area contributed by atoms with Gasteiger partial charge >= 0.3 is 0 Å². The lowest BCUT2D eigenvalue weighted by molar-refractivity contribution is 0.395. The molecule has 2 aromatic rings. The van der Waals surface area contributed by atoms with Crippen LogP contribution in [0, 0.1) is 13.8 Å². The van der Waals surface area contributed by atoms with Crippen molar-refractivity contribution in [2.45, 2.75) is 20.4 Å². The zero-order chi connectivity index (χ0) is 15.4. The molecule has 1 N–H and O–H groups in total. The molecule has 0 atom stereocenters. The van der Waals surface area contributed by atoms with Gasteiger partial charge in [0, 0.05) is 12.6 Å². The number of anilines is 1. The molecule has 0 unspecified atom stereocenters. The highest BCUT2D eigenvalue weighted by Crippen LogP contribution is 2.36. The van der Waals surface area contributed by atoms with Gasteiger partial charge in [0.25, 0.3) is 0 Å². The number of nitrogens with one attached hydrogen (secondary N) is 1. The van der Waals surface area contributed by atoms with Crippen LogP contribution in [-0.2, 0) is 6.54 Å². The van der Waals surface area contributed by atoms with Crippen molar-refractivity contribution >= 4 is 17.3 Å². The van der Waals surface area contributed by atoms with Crippen LogP contribution in [0.3, 0.4) is 0 Å². The van der Waals surface area contributed by atoms with Crippen LogP contribution in [-0.4, -0.2) is 14.2 Å². The third kappa shape index (κ3) is 3.61. The van der Waals surface area contributed by atoms with Crippen molar-refractivity contribution in [1.82, 2.24) is 0 Å². The summed E-state index contributed by atoms with van der Waals surface area (Å²) in [5.41, 5.74) is 4.64. The van der Waals surface area contributed by atoms with Crippen molar-refractivity contribution < 1.29 is 9.47 Å². The predicted molar refractivity (Wildman–Crippen MR) is 87.8 cm³/mol. The lowest BCUT2D eigenvalue weighted by Gasteiger charge is -2.14. The Labute approximate surface area is 130 Å². The average molecular weight is 306 g/mol. The van der Waals surface area contributed by atoms with Gasteiger partial charge in [-0.1, -0.05) is 29.8 Å². The first-order chi connectivity index (χ1) is 10.0. The Bertz CT molecular complexity index is 641. The zero-order valence-electron chi connectivity index (χ0n) is 12.8. The van der Waals surface area contributed by atoms with Crippen LogP contribution in [0.15, 0.2) is 30.3 Å². The van der Waals surface area contributed by atoms with Crippen molar-refractivity contribution in [3.8, 4) is 11.5 Å². The molecule has 21 heavy (non-hydrogen) atoms. The van der Waals surface area contributed by atoms with Gasteiger partial charge in [0.15, 0.2) is 0 Å². The number of aryl methyl sites for hydroxylation is 2. The molecule has 0 heterocycles. The van der Waals surface area contributed by atoms with Gasteiger partial charge in [0.05, 0.1) is 24.9 Å². The van der Waals surface area contributed by atoms with Crippen LogP contribution in [0.25, 0.3) is 0 Å². The maximum atomic E-state index is 6.17. The first-order valence-corrected chi connectivity index (χ1v) is 7.14. The molecule has 0 bridgehead atoms. The van der Waals surface area contributed by atoms with Gasteiger partial charge in [-0.2, -0.15) is 0 Å². The second-order valence-corrected chi connectivity index (χ2v) is 5.37. The summed E-state index contributed by atoms with van der Waals surface area (Å²) < 4.78 is 10.6. The number of ether oxygens (including phenoxy) is 2. The first-order valence-electron chi connectivity index (χ1n) is 6.76. The summed E-state index contributed by atoms with van der Waals surface area (Å²) in [5, 5.41) is 3.91. The fraction of sp³-hybridized carbons (Fsp3) is 0.294. The summed E-state index contributed by atoms with van der Waals surface area (Å²) >= 11 is 6.17. The average Bonchev–Trinajstić information content (AvgIpc) is 2.48. The van der Waals surface area contributed by atoms with E-state index in [1.54, 1.807) is 20.3 Å². The summed E-state index contributed by atoms with van der Waals surface area (Å²) in [6.45, 7) is 4.93. The number of methoxy groups -OCH3 is 2. The summed E-state index contributed by atoms with van der Waals surface area (Å²) in [6, 6.07) is 10.0. The van der Waals surface area contributed by atoms with Gasteiger partial charge in [-0.15, -0.1) is 0 Å². The van der Waals surface area contributed by atoms with E-state index in [4.69, 9.17) is 21.1 Å². The molecule has 4 heteroatoms. The molecule has 0 aromatic heterocycles. The second-order valence-electron chi connectivity index (χ2n) is 4.96. The van der Waals surface area contributed by atoms with E-state index in [1.165, 1.54) is 16.7 Å². The molecule has 112 valence electrons. The van der Waals surface area contributed by atoms with E-state index in [0.29, 0.717) is 23.1 Å². The highest BCUT2D eigenvalue weighted by atomic mass is 35.5. The van der Waals surface area contributed by atoms with E-state index < -0.39 is 0 Å². The summed E-state index contributed by atoms with van der Waals surface area (Å²) in [5.74, 6) is 1.31. The summed E-state index contributed by atoms with van der Waals surface area (Å²) in [6.07, 6.45) is 0. The molecule has 0 amide bonds. The summed E-state index contributed by atoms with van der Waals surface area (Å²) in [7, 11) is 3.21. The van der Waals surface area contributed by atoms with Crippen molar-refractivity contribution in [3.05, 3.63) is 52.0 Å². The number of benzene rings is 2. The minimum atomic E-state index is 0.556. The lowest BCUT2D eigenvalue weighted by Crippen LogP contribution is -2.02. The van der Waals surface area contributed by atoms with E-state index in [0.717, 1.165) is 5.69 Å². The molecule has 0 fully saturated rings. The predicted octanol–water partition coefficient (Wildman–Crippen LogP) is 4.59. The molecule has 0 saturated heterocycles. The van der Waals surface area contributed by atoms with Crippen molar-refractivity contribution in [3.63, 3.8) is 0 Å². The molecular weight excluding hydrogens is 286 g/mol. The van der Waals surface area contributed by atoms with Crippen LogP contribution in [0.5, 0.6) is 11.5 Å². The zero-order valence-corrected chi connectivity index (χ0v) is 13.5. The standard InChI is InChI=1S/C17H20ClNO2/c1-11-5-6-13(7-12(11)2)10-19-15-8-14(18)16(20-3)9-17(15)21-4/h5-9,19H,10H2,1-4H3. The second kappa shape index (κ2) is 6.72. The molecule has 0 aliphatic carbocycles. The monoisotopic (exact) mass is 305 g/mol. The maximum Gasteiger partial charge on any atom is 0.145 e. The minimum absolute atomic E-state index is 0.556. The summed E-state index contributed by atoms with van der Waals surface area (Å²) in [4.78, 5) is 0. The van der Waals surface area contributed by atoms with E-state index in [9.17, 15) is 0 Å². The molecule has 3 nitrogen and oxygen atoms in total. The lowest BCUT2D eigenvalue weighted by atomic mass is 10.1. The maximum absolute atomic E-state index is 6.17. The van der Waals surface area contributed by atoms with Crippen LogP contribution >= 0.6 is 11.6 Å². The Balaban J connectivity index is 2.19. The molecule has 0 aliphatic rings. The largest absolute Gasteiger partial charge is 0.495 e. The normalized spacial score (nSPS) is 10.3. The van der Waals surface area contributed by atoms with Gasteiger partial charge < -0.3 is 14.8 Å². The first kappa shape index (κ1) is 15.5. The Morgan fingerprint density at radius 1 is 0.952 bits per heavy atom. The van der Waals surface area contributed by atoms with Gasteiger partial charge in [0.2, 0.25) is 0 Å². The van der Waals surface area contributed by atoms with E-state index in [-0.39, 0.29) is 0 Å². The highest BCUT2D eigenvalue weighted by molar-refractivity contribution is 6.32. The van der Waals surface area contributed by atoms with E-state index in [2.05, 4.69) is 37.4 Å². The van der Waals surface area contributed by atoms with Crippen LogP contribution in [0.1, 0.15) is 16.7 Å². The van der Waals surface area contributed by atoms with Gasteiger partial charge in [-0.25, -0.2) is 0 Å². The van der Waals surface area contributed by atoms with E-state index >= 15 is 0 Å². The van der Waals surface area contributed by atoms with Gasteiger partial charge in [0.1, 0.15) is 11.5 Å². The Morgan fingerprint density at radius 3 is 2.29 bits per heavy atom. The fourth-order valence-corrected chi connectivity index (χ4v) is 2.35. The third-order valence-corrected chi connectivity index (χ3v) is 3.82. The quantitative estimate of drug-likeness (QED) is 0.876. The smallest absolute Gasteiger partial charge is 0.145 e. The van der Waals surface area contributed by atoms with Crippen molar-refractivity contribution in [2.24, 2.45) is 0 Å². The van der Waals surface area contributed by atoms with Crippen LogP contribution in [0.4, 0.5) is 5.69 Å². The number of hydrogen-bond acceptors (Lipinski definition) is 3. The highest BCUT2D eigenvalue weighted by Gasteiger charge is 2.09. The Hall–Kier alpha value is -1.87. The molecular formula is C17H20ClNO2. The molecule has 0 radical (unpaired) electrons. The Morgan fingerprint density at radius 2 is 1.67 bits per heavy atom. The number of hydrogen-bond donors (Lipinski definition) is 1.